The first-order valence-corrected chi connectivity index (χ1v) is 4.35. The van der Waals surface area contributed by atoms with Crippen molar-refractivity contribution in [1.29, 1.82) is 0 Å². The van der Waals surface area contributed by atoms with E-state index in [4.69, 9.17) is 0 Å². The van der Waals surface area contributed by atoms with Crippen LogP contribution in [0.3, 0.4) is 0 Å². The predicted octanol–water partition coefficient (Wildman–Crippen LogP) is 2.87. The molecule has 0 aliphatic rings. The molecule has 0 heterocycles. The van der Waals surface area contributed by atoms with Gasteiger partial charge < -0.3 is 0 Å². The molecule has 0 unspecified atom stereocenters. The summed E-state index contributed by atoms with van der Waals surface area (Å²) in [4.78, 5) is 1.98. The predicted molar refractivity (Wildman–Crippen MR) is 53.7 cm³/mol. The minimum atomic E-state index is 0.989. The zero-order valence-electron chi connectivity index (χ0n) is 4.50. The van der Waals surface area contributed by atoms with Gasteiger partial charge in [-0.25, -0.2) is 0 Å². The van der Waals surface area contributed by atoms with Crippen molar-refractivity contribution in [3.05, 3.63) is 21.8 Å². The maximum atomic E-state index is 4.21. The molecular weight excluding hydrogens is 263 g/mol. The molecule has 0 bridgehead atoms. The van der Waals surface area contributed by atoms with Crippen molar-refractivity contribution < 1.29 is 0 Å². The Kier molecular flexibility index (Phi) is 2.73. The lowest BCUT2D eigenvalue weighted by Crippen LogP contribution is -1.75. The number of benzene rings is 1. The summed E-state index contributed by atoms with van der Waals surface area (Å²) in [6.07, 6.45) is 0. The molecule has 0 N–H and O–H groups in total. The van der Waals surface area contributed by atoms with Gasteiger partial charge in [0.2, 0.25) is 0 Å². The molecular formula is C6H5IS2. The Morgan fingerprint density at radius 1 is 1.11 bits per heavy atom. The fourth-order valence-electron chi connectivity index (χ4n) is 0.508. The molecule has 0 nitrogen and oxygen atoms in total. The van der Waals surface area contributed by atoms with Crippen LogP contribution in [0.15, 0.2) is 28.0 Å². The summed E-state index contributed by atoms with van der Waals surface area (Å²) in [6.45, 7) is 0. The first-order chi connectivity index (χ1) is 4.22. The Labute approximate surface area is 79.0 Å². The highest BCUT2D eigenvalue weighted by molar-refractivity contribution is 14.1. The van der Waals surface area contributed by atoms with Crippen LogP contribution >= 0.6 is 47.8 Å². The molecule has 1 aromatic carbocycles. The lowest BCUT2D eigenvalue weighted by atomic mass is 10.4. The molecule has 0 radical (unpaired) electrons. The summed E-state index contributed by atoms with van der Waals surface area (Å²) < 4.78 is 1.11. The Hall–Kier alpha value is 0.650. The summed E-state index contributed by atoms with van der Waals surface area (Å²) in [7, 11) is 0. The maximum absolute atomic E-state index is 4.21. The standard InChI is InChI=1S/C6H5IS2/c7-6-4(8)2-1-3-5(6)9/h1-3,8-9H. The zero-order chi connectivity index (χ0) is 6.85. The van der Waals surface area contributed by atoms with Crippen molar-refractivity contribution in [2.24, 2.45) is 0 Å². The van der Waals surface area contributed by atoms with Gasteiger partial charge in [0.25, 0.3) is 0 Å². The Bertz CT molecular complexity index is 202. The third-order valence-electron chi connectivity index (χ3n) is 0.958. The average Bonchev–Trinajstić information content (AvgIpc) is 1.83. The van der Waals surface area contributed by atoms with Crippen LogP contribution in [0.4, 0.5) is 0 Å². The molecule has 0 amide bonds. The Morgan fingerprint density at radius 3 is 1.89 bits per heavy atom. The monoisotopic (exact) mass is 268 g/mol. The minimum Gasteiger partial charge on any atom is -0.142 e. The van der Waals surface area contributed by atoms with Crippen molar-refractivity contribution in [3.63, 3.8) is 0 Å². The normalized spacial score (nSPS) is 9.67. The van der Waals surface area contributed by atoms with E-state index in [2.05, 4.69) is 47.8 Å². The molecule has 0 spiro atoms. The molecule has 0 aliphatic heterocycles. The van der Waals surface area contributed by atoms with Crippen molar-refractivity contribution in [2.75, 3.05) is 0 Å². The minimum absolute atomic E-state index is 0.989. The summed E-state index contributed by atoms with van der Waals surface area (Å²) in [5.41, 5.74) is 0. The number of thiol groups is 2. The third kappa shape index (κ3) is 1.78. The molecule has 0 fully saturated rings. The molecule has 0 saturated heterocycles. The van der Waals surface area contributed by atoms with E-state index in [-0.39, 0.29) is 0 Å². The summed E-state index contributed by atoms with van der Waals surface area (Å²) in [5, 5.41) is 0. The van der Waals surface area contributed by atoms with Gasteiger partial charge in [-0.05, 0) is 34.7 Å². The molecule has 3 heteroatoms. The van der Waals surface area contributed by atoms with E-state index in [0.717, 1.165) is 13.4 Å². The molecule has 0 saturated carbocycles. The smallest absolute Gasteiger partial charge is 0.0397 e. The van der Waals surface area contributed by atoms with E-state index in [1.165, 1.54) is 0 Å². The molecule has 9 heavy (non-hydrogen) atoms. The van der Waals surface area contributed by atoms with E-state index in [0.29, 0.717) is 0 Å². The molecule has 48 valence electrons. The van der Waals surface area contributed by atoms with E-state index >= 15 is 0 Å². The van der Waals surface area contributed by atoms with Gasteiger partial charge >= 0.3 is 0 Å². The fraction of sp³-hybridized carbons (Fsp3) is 0. The molecule has 1 rings (SSSR count). The average molecular weight is 268 g/mol. The van der Waals surface area contributed by atoms with E-state index in [1.54, 1.807) is 0 Å². The largest absolute Gasteiger partial charge is 0.142 e. The molecule has 0 aliphatic carbocycles. The third-order valence-corrected chi connectivity index (χ3v) is 3.72. The second-order valence-electron chi connectivity index (χ2n) is 1.61. The number of hydrogen-bond donors (Lipinski definition) is 2. The first-order valence-electron chi connectivity index (χ1n) is 2.38. The van der Waals surface area contributed by atoms with Crippen molar-refractivity contribution in [1.82, 2.24) is 0 Å². The topological polar surface area (TPSA) is 0 Å². The Morgan fingerprint density at radius 2 is 1.56 bits per heavy atom. The van der Waals surface area contributed by atoms with Crippen LogP contribution < -0.4 is 0 Å². The van der Waals surface area contributed by atoms with Crippen molar-refractivity contribution in [3.8, 4) is 0 Å². The number of halogens is 1. The molecule has 0 aromatic heterocycles. The maximum Gasteiger partial charge on any atom is 0.0397 e. The van der Waals surface area contributed by atoms with Crippen LogP contribution in [-0.2, 0) is 0 Å². The molecule has 1 aromatic rings. The summed E-state index contributed by atoms with van der Waals surface area (Å²) in [6, 6.07) is 5.84. The van der Waals surface area contributed by atoms with Gasteiger partial charge in [0, 0.05) is 13.4 Å². The van der Waals surface area contributed by atoms with Gasteiger partial charge in [0.15, 0.2) is 0 Å². The lowest BCUT2D eigenvalue weighted by Gasteiger charge is -1.97. The summed E-state index contributed by atoms with van der Waals surface area (Å²) >= 11 is 10.6. The number of hydrogen-bond acceptors (Lipinski definition) is 2. The fourth-order valence-corrected chi connectivity index (χ4v) is 1.37. The van der Waals surface area contributed by atoms with Crippen LogP contribution in [0.1, 0.15) is 0 Å². The van der Waals surface area contributed by atoms with E-state index in [1.807, 2.05) is 18.2 Å². The van der Waals surface area contributed by atoms with Gasteiger partial charge in [-0.15, -0.1) is 25.3 Å². The van der Waals surface area contributed by atoms with Crippen LogP contribution in [0.2, 0.25) is 0 Å². The quantitative estimate of drug-likeness (QED) is 0.524. The molecule has 0 atom stereocenters. The highest BCUT2D eigenvalue weighted by Gasteiger charge is 1.95. The van der Waals surface area contributed by atoms with Crippen molar-refractivity contribution >= 4 is 47.8 Å². The van der Waals surface area contributed by atoms with Gasteiger partial charge in [-0.2, -0.15) is 0 Å². The van der Waals surface area contributed by atoms with Crippen LogP contribution in [-0.4, -0.2) is 0 Å². The van der Waals surface area contributed by atoms with E-state index < -0.39 is 0 Å². The second kappa shape index (κ2) is 3.16. The van der Waals surface area contributed by atoms with Gasteiger partial charge in [0.05, 0.1) is 0 Å². The summed E-state index contributed by atoms with van der Waals surface area (Å²) in [5.74, 6) is 0. The van der Waals surface area contributed by atoms with Crippen molar-refractivity contribution in [2.45, 2.75) is 9.79 Å². The second-order valence-corrected chi connectivity index (χ2v) is 3.65. The van der Waals surface area contributed by atoms with Gasteiger partial charge in [0.1, 0.15) is 0 Å². The highest BCUT2D eigenvalue weighted by atomic mass is 127. The van der Waals surface area contributed by atoms with Gasteiger partial charge in [-0.1, -0.05) is 6.07 Å². The first kappa shape index (κ1) is 7.75. The number of rotatable bonds is 0. The zero-order valence-corrected chi connectivity index (χ0v) is 8.45. The highest BCUT2D eigenvalue weighted by Crippen LogP contribution is 2.22. The van der Waals surface area contributed by atoms with Crippen LogP contribution in [0.5, 0.6) is 0 Å². The van der Waals surface area contributed by atoms with Crippen LogP contribution in [0, 0.1) is 3.57 Å². The lowest BCUT2D eigenvalue weighted by molar-refractivity contribution is 1.28. The van der Waals surface area contributed by atoms with Crippen LogP contribution in [0.25, 0.3) is 0 Å². The van der Waals surface area contributed by atoms with Gasteiger partial charge in [-0.3, -0.25) is 0 Å². The SMILES string of the molecule is Sc1cccc(S)c1I. The Balaban J connectivity index is 3.25. The van der Waals surface area contributed by atoms with E-state index in [9.17, 15) is 0 Å².